The Morgan fingerprint density at radius 3 is 1.77 bits per heavy atom. The second kappa shape index (κ2) is 10.7. The molecular weight excluding hydrogens is 368 g/mol. The van der Waals surface area contributed by atoms with Crippen LogP contribution in [0.1, 0.15) is 5.56 Å². The van der Waals surface area contributed by atoms with E-state index >= 15 is 0 Å². The minimum absolute atomic E-state index is 0.0666. The predicted octanol–water partition coefficient (Wildman–Crippen LogP) is 4.85. The first-order chi connectivity index (χ1) is 12.4. The molecule has 3 aromatic carbocycles. The fourth-order valence-electron chi connectivity index (χ4n) is 2.05. The maximum atomic E-state index is 10.5. The number of phenolic OH excluding ortho intramolecular Hbond substituents is 1. The Hall–Kier alpha value is -2.28. The van der Waals surface area contributed by atoms with Crippen molar-refractivity contribution in [1.29, 1.82) is 0 Å². The van der Waals surface area contributed by atoms with Crippen molar-refractivity contribution < 1.29 is 18.1 Å². The van der Waals surface area contributed by atoms with Gasteiger partial charge in [0.15, 0.2) is 0 Å². The highest BCUT2D eigenvalue weighted by molar-refractivity contribution is 7.85. The Labute approximate surface area is 160 Å². The zero-order chi connectivity index (χ0) is 19.6. The van der Waals surface area contributed by atoms with E-state index in [0.29, 0.717) is 5.75 Å². The van der Waals surface area contributed by atoms with E-state index in [0.717, 1.165) is 16.7 Å². The summed E-state index contributed by atoms with van der Waals surface area (Å²) in [6.45, 7) is 1.84. The van der Waals surface area contributed by atoms with Crippen molar-refractivity contribution >= 4 is 22.7 Å². The molecule has 0 atom stereocenters. The van der Waals surface area contributed by atoms with Crippen LogP contribution in [-0.4, -0.2) is 24.3 Å². The van der Waals surface area contributed by atoms with Crippen molar-refractivity contribution in [1.82, 2.24) is 0 Å². The number of hydrogen-bond donors (Lipinski definition) is 3. The van der Waals surface area contributed by atoms with Crippen molar-refractivity contribution in [3.63, 3.8) is 0 Å². The second-order valence-electron chi connectivity index (χ2n) is 5.17. The van der Waals surface area contributed by atoms with Gasteiger partial charge in [0, 0.05) is 5.56 Å². The van der Waals surface area contributed by atoms with Gasteiger partial charge in [0.25, 0.3) is 10.1 Å². The molecule has 2 N–H and O–H groups in total. The van der Waals surface area contributed by atoms with E-state index in [1.807, 2.05) is 55.5 Å². The van der Waals surface area contributed by atoms with Gasteiger partial charge in [-0.25, -0.2) is 0 Å². The minimum atomic E-state index is -4.02. The SMILES string of the molecule is CS.Cc1ccc(S(=O)(=O)O)cc1.Oc1ccccc1-c1ccccc1. The van der Waals surface area contributed by atoms with Crippen LogP contribution < -0.4 is 0 Å². The molecule has 26 heavy (non-hydrogen) atoms. The van der Waals surface area contributed by atoms with E-state index in [2.05, 4.69) is 12.6 Å². The Morgan fingerprint density at radius 1 is 0.769 bits per heavy atom. The molecule has 3 aromatic rings. The van der Waals surface area contributed by atoms with Crippen LogP contribution in [0.4, 0.5) is 0 Å². The lowest BCUT2D eigenvalue weighted by Crippen LogP contribution is -1.96. The third kappa shape index (κ3) is 6.92. The summed E-state index contributed by atoms with van der Waals surface area (Å²) in [4.78, 5) is -0.0666. The molecule has 0 aliphatic rings. The zero-order valence-corrected chi connectivity index (χ0v) is 16.3. The molecule has 4 nitrogen and oxygen atoms in total. The number of thiol groups is 1. The van der Waals surface area contributed by atoms with E-state index in [9.17, 15) is 13.5 Å². The van der Waals surface area contributed by atoms with E-state index < -0.39 is 10.1 Å². The molecule has 0 aliphatic heterocycles. The van der Waals surface area contributed by atoms with Crippen molar-refractivity contribution in [3.05, 3.63) is 84.4 Å². The van der Waals surface area contributed by atoms with Gasteiger partial charge in [0.1, 0.15) is 5.75 Å². The second-order valence-corrected chi connectivity index (χ2v) is 6.59. The molecular formula is C20H22O4S2. The fraction of sp³-hybridized carbons (Fsp3) is 0.100. The summed E-state index contributed by atoms with van der Waals surface area (Å²) >= 11 is 3.53. The number of hydrogen-bond acceptors (Lipinski definition) is 4. The van der Waals surface area contributed by atoms with E-state index in [-0.39, 0.29) is 4.90 Å². The summed E-state index contributed by atoms with van der Waals surface area (Å²) in [5.41, 5.74) is 2.88. The van der Waals surface area contributed by atoms with Gasteiger partial charge in [0.05, 0.1) is 4.90 Å². The van der Waals surface area contributed by atoms with Crippen LogP contribution in [-0.2, 0) is 10.1 Å². The summed E-state index contributed by atoms with van der Waals surface area (Å²) in [5.74, 6) is 0.328. The van der Waals surface area contributed by atoms with E-state index in [1.165, 1.54) is 12.1 Å². The maximum Gasteiger partial charge on any atom is 0.294 e. The van der Waals surface area contributed by atoms with Crippen LogP contribution in [0.15, 0.2) is 83.8 Å². The molecule has 0 heterocycles. The topological polar surface area (TPSA) is 74.6 Å². The summed E-state index contributed by atoms with van der Waals surface area (Å²) < 4.78 is 29.6. The van der Waals surface area contributed by atoms with Gasteiger partial charge < -0.3 is 5.11 Å². The molecule has 0 aromatic heterocycles. The van der Waals surface area contributed by atoms with Gasteiger partial charge in [-0.3, -0.25) is 4.55 Å². The van der Waals surface area contributed by atoms with Crippen molar-refractivity contribution in [3.8, 4) is 16.9 Å². The molecule has 0 saturated heterocycles. The summed E-state index contributed by atoms with van der Waals surface area (Å²) in [6.07, 6.45) is 1.69. The van der Waals surface area contributed by atoms with Gasteiger partial charge in [-0.05, 0) is 36.9 Å². The average molecular weight is 391 g/mol. The van der Waals surface area contributed by atoms with E-state index in [4.69, 9.17) is 4.55 Å². The van der Waals surface area contributed by atoms with Crippen LogP contribution in [0.25, 0.3) is 11.1 Å². The molecule has 138 valence electrons. The summed E-state index contributed by atoms with van der Waals surface area (Å²) in [7, 11) is -4.02. The number of phenols is 1. The molecule has 0 aliphatic carbocycles. The lowest BCUT2D eigenvalue weighted by atomic mass is 10.1. The number of para-hydroxylation sites is 1. The molecule has 0 unspecified atom stereocenters. The first-order valence-corrected chi connectivity index (χ1v) is 10.0. The Morgan fingerprint density at radius 2 is 1.27 bits per heavy atom. The van der Waals surface area contributed by atoms with Gasteiger partial charge in [-0.15, -0.1) is 0 Å². The standard InChI is InChI=1S/C12H10O.C7H8O3S.CH4S/c13-12-9-5-4-8-11(12)10-6-2-1-3-7-10;1-6-2-4-7(5-3-6)11(8,9)10;1-2/h1-9,13H;2-5H,1H3,(H,8,9,10);2H,1H3. The quantitative estimate of drug-likeness (QED) is 0.432. The molecule has 3 rings (SSSR count). The summed E-state index contributed by atoms with van der Waals surface area (Å²) in [5, 5.41) is 9.56. The van der Waals surface area contributed by atoms with E-state index in [1.54, 1.807) is 24.5 Å². The molecule has 0 saturated carbocycles. The molecule has 0 spiro atoms. The van der Waals surface area contributed by atoms with Crippen molar-refractivity contribution in [2.75, 3.05) is 6.26 Å². The van der Waals surface area contributed by atoms with Crippen LogP contribution in [0, 0.1) is 6.92 Å². The van der Waals surface area contributed by atoms with Crippen molar-refractivity contribution in [2.24, 2.45) is 0 Å². The van der Waals surface area contributed by atoms with Crippen LogP contribution in [0.3, 0.4) is 0 Å². The average Bonchev–Trinajstić information content (AvgIpc) is 2.65. The van der Waals surface area contributed by atoms with Crippen LogP contribution >= 0.6 is 12.6 Å². The van der Waals surface area contributed by atoms with Crippen molar-refractivity contribution in [2.45, 2.75) is 11.8 Å². The lowest BCUT2D eigenvalue weighted by Gasteiger charge is -2.02. The minimum Gasteiger partial charge on any atom is -0.507 e. The smallest absolute Gasteiger partial charge is 0.294 e. The zero-order valence-electron chi connectivity index (χ0n) is 14.6. The first-order valence-electron chi connectivity index (χ1n) is 7.70. The highest BCUT2D eigenvalue weighted by atomic mass is 32.2. The third-order valence-corrected chi connectivity index (χ3v) is 4.18. The Kier molecular flexibility index (Phi) is 8.92. The number of aryl methyl sites for hydroxylation is 1. The monoisotopic (exact) mass is 390 g/mol. The third-order valence-electron chi connectivity index (χ3n) is 3.31. The van der Waals surface area contributed by atoms with Gasteiger partial charge in [-0.2, -0.15) is 21.0 Å². The Balaban J connectivity index is 0.000000241. The van der Waals surface area contributed by atoms with Gasteiger partial charge >= 0.3 is 0 Å². The van der Waals surface area contributed by atoms with Gasteiger partial charge in [-0.1, -0.05) is 66.2 Å². The van der Waals surface area contributed by atoms with Crippen LogP contribution in [0.5, 0.6) is 5.75 Å². The highest BCUT2D eigenvalue weighted by Crippen LogP contribution is 2.27. The predicted molar refractivity (Wildman–Crippen MR) is 109 cm³/mol. The lowest BCUT2D eigenvalue weighted by molar-refractivity contribution is 0.477. The normalized spacial score (nSPS) is 10.0. The highest BCUT2D eigenvalue weighted by Gasteiger charge is 2.06. The number of rotatable bonds is 2. The largest absolute Gasteiger partial charge is 0.507 e. The Bertz CT molecular complexity index is 891. The van der Waals surface area contributed by atoms with Crippen LogP contribution in [0.2, 0.25) is 0 Å². The molecule has 0 radical (unpaired) electrons. The van der Waals surface area contributed by atoms with Gasteiger partial charge in [0.2, 0.25) is 0 Å². The molecule has 0 bridgehead atoms. The maximum absolute atomic E-state index is 10.5. The fourth-order valence-corrected chi connectivity index (χ4v) is 2.53. The summed E-state index contributed by atoms with van der Waals surface area (Å²) in [6, 6.07) is 23.2. The molecule has 0 amide bonds. The number of benzene rings is 3. The molecule has 6 heteroatoms. The first kappa shape index (κ1) is 21.8. The number of aromatic hydroxyl groups is 1. The molecule has 0 fully saturated rings.